The number of carbonyl (C=O) groups is 1. The van der Waals surface area contributed by atoms with E-state index in [1.165, 1.54) is 28.6 Å². The van der Waals surface area contributed by atoms with Crippen LogP contribution in [0.3, 0.4) is 0 Å². The van der Waals surface area contributed by atoms with Crippen LogP contribution in [0.2, 0.25) is 0 Å². The Bertz CT molecular complexity index is 1150. The third kappa shape index (κ3) is 4.28. The zero-order valence-corrected chi connectivity index (χ0v) is 19.1. The first-order valence-corrected chi connectivity index (χ1v) is 12.9. The number of carbonyl (C=O) groups excluding carboxylic acids is 1. The number of pyridine rings is 1. The van der Waals surface area contributed by atoms with Crippen molar-refractivity contribution in [3.8, 4) is 0 Å². The molecule has 0 unspecified atom stereocenters. The van der Waals surface area contributed by atoms with Crippen molar-refractivity contribution in [2.75, 3.05) is 5.75 Å². The molecule has 0 radical (unpaired) electrons. The van der Waals surface area contributed by atoms with Gasteiger partial charge in [0.1, 0.15) is 4.83 Å². The molecule has 1 amide bonds. The van der Waals surface area contributed by atoms with Gasteiger partial charge >= 0.3 is 0 Å². The molecule has 1 saturated carbocycles. The van der Waals surface area contributed by atoms with E-state index >= 15 is 0 Å². The summed E-state index contributed by atoms with van der Waals surface area (Å²) in [7, 11) is 0. The maximum Gasteiger partial charge on any atom is 0.263 e. The Morgan fingerprint density at radius 3 is 2.84 bits per heavy atom. The molecule has 3 aromatic heterocycles. The van der Waals surface area contributed by atoms with E-state index in [4.69, 9.17) is 4.98 Å². The number of aromatic nitrogens is 3. The Hall–Kier alpha value is -2.19. The van der Waals surface area contributed by atoms with Crippen LogP contribution in [-0.4, -0.2) is 26.2 Å². The number of thiophene rings is 1. The van der Waals surface area contributed by atoms with Crippen LogP contribution in [0.4, 0.5) is 0 Å². The quantitative estimate of drug-likeness (QED) is 0.445. The predicted octanol–water partition coefficient (Wildman–Crippen LogP) is 4.26. The Labute approximate surface area is 189 Å². The summed E-state index contributed by atoms with van der Waals surface area (Å²) < 4.78 is 1.91. The molecule has 3 aromatic rings. The maximum absolute atomic E-state index is 13.6. The fraction of sp³-hybridized carbons (Fsp3) is 0.478. The number of rotatable bonds is 6. The molecular formula is C23H26N4O2S2. The molecule has 0 aromatic carbocycles. The molecule has 0 bridgehead atoms. The van der Waals surface area contributed by atoms with Crippen molar-refractivity contribution in [3.05, 3.63) is 50.9 Å². The van der Waals surface area contributed by atoms with Crippen LogP contribution >= 0.6 is 23.1 Å². The molecular weight excluding hydrogens is 428 g/mol. The van der Waals surface area contributed by atoms with Crippen LogP contribution in [0.1, 0.15) is 60.7 Å². The van der Waals surface area contributed by atoms with Crippen LogP contribution in [-0.2, 0) is 24.2 Å². The minimum absolute atomic E-state index is 0.0755. The minimum Gasteiger partial charge on any atom is -0.350 e. The van der Waals surface area contributed by atoms with E-state index in [2.05, 4.69) is 10.3 Å². The van der Waals surface area contributed by atoms with Gasteiger partial charge in [-0.2, -0.15) is 0 Å². The van der Waals surface area contributed by atoms with Crippen molar-refractivity contribution in [1.82, 2.24) is 19.9 Å². The average molecular weight is 455 g/mol. The van der Waals surface area contributed by atoms with E-state index in [0.29, 0.717) is 11.7 Å². The van der Waals surface area contributed by atoms with E-state index in [0.717, 1.165) is 60.9 Å². The maximum atomic E-state index is 13.6. The lowest BCUT2D eigenvalue weighted by atomic mass is 9.97. The molecule has 31 heavy (non-hydrogen) atoms. The molecule has 3 heterocycles. The lowest BCUT2D eigenvalue weighted by Crippen LogP contribution is -2.28. The molecule has 0 saturated heterocycles. The van der Waals surface area contributed by atoms with Crippen LogP contribution in [0, 0.1) is 0 Å². The third-order valence-electron chi connectivity index (χ3n) is 6.20. The molecule has 1 N–H and O–H groups in total. The summed E-state index contributed by atoms with van der Waals surface area (Å²) in [4.78, 5) is 37.4. The SMILES string of the molecule is O=C(CSc1nc2sc3c(c2c(=O)n1C1CCCC1)CCCC3)NCc1ccccn1. The second-order valence-electron chi connectivity index (χ2n) is 8.29. The van der Waals surface area contributed by atoms with Gasteiger partial charge in [0.2, 0.25) is 5.91 Å². The zero-order chi connectivity index (χ0) is 21.2. The van der Waals surface area contributed by atoms with E-state index in [9.17, 15) is 9.59 Å². The lowest BCUT2D eigenvalue weighted by Gasteiger charge is -2.18. The Balaban J connectivity index is 1.41. The van der Waals surface area contributed by atoms with E-state index < -0.39 is 0 Å². The zero-order valence-electron chi connectivity index (χ0n) is 17.4. The van der Waals surface area contributed by atoms with Crippen LogP contribution < -0.4 is 10.9 Å². The van der Waals surface area contributed by atoms with E-state index in [1.54, 1.807) is 17.5 Å². The molecule has 5 rings (SSSR count). The Morgan fingerprint density at radius 1 is 1.19 bits per heavy atom. The summed E-state index contributed by atoms with van der Waals surface area (Å²) in [5.74, 6) is 0.163. The Morgan fingerprint density at radius 2 is 2.03 bits per heavy atom. The van der Waals surface area contributed by atoms with Gasteiger partial charge in [-0.05, 0) is 56.2 Å². The van der Waals surface area contributed by atoms with Gasteiger partial charge in [0.25, 0.3) is 5.56 Å². The molecule has 0 spiro atoms. The summed E-state index contributed by atoms with van der Waals surface area (Å²) >= 11 is 3.05. The standard InChI is InChI=1S/C23H26N4O2S2/c28-19(25-13-15-7-5-6-12-24-15)14-30-23-26-21-20(17-10-3-4-11-18(17)31-21)22(29)27(23)16-8-1-2-9-16/h5-7,12,16H,1-4,8-11,13-14H2,(H,25,28). The molecule has 2 aliphatic rings. The number of fused-ring (bicyclic) bond motifs is 3. The van der Waals surface area contributed by atoms with Crippen molar-refractivity contribution in [3.63, 3.8) is 0 Å². The molecule has 8 heteroatoms. The van der Waals surface area contributed by atoms with Crippen molar-refractivity contribution < 1.29 is 4.79 Å². The number of hydrogen-bond donors (Lipinski definition) is 1. The highest BCUT2D eigenvalue weighted by atomic mass is 32.2. The van der Waals surface area contributed by atoms with Crippen molar-refractivity contribution in [2.24, 2.45) is 0 Å². The smallest absolute Gasteiger partial charge is 0.263 e. The monoisotopic (exact) mass is 454 g/mol. The van der Waals surface area contributed by atoms with Crippen molar-refractivity contribution >= 4 is 39.2 Å². The molecule has 0 aliphatic heterocycles. The highest BCUT2D eigenvalue weighted by Crippen LogP contribution is 2.37. The fourth-order valence-electron chi connectivity index (χ4n) is 4.66. The summed E-state index contributed by atoms with van der Waals surface area (Å²) in [6.45, 7) is 0.403. The topological polar surface area (TPSA) is 76.9 Å². The molecule has 162 valence electrons. The largest absolute Gasteiger partial charge is 0.350 e. The van der Waals surface area contributed by atoms with Crippen molar-refractivity contribution in [2.45, 2.75) is 69.1 Å². The average Bonchev–Trinajstić information content (AvgIpc) is 3.44. The number of aryl methyl sites for hydroxylation is 2. The number of nitrogens with zero attached hydrogens (tertiary/aromatic N) is 3. The number of amides is 1. The number of hydrogen-bond acceptors (Lipinski definition) is 6. The molecule has 6 nitrogen and oxygen atoms in total. The van der Waals surface area contributed by atoms with E-state index in [-0.39, 0.29) is 23.3 Å². The van der Waals surface area contributed by atoms with Gasteiger partial charge in [-0.1, -0.05) is 30.7 Å². The van der Waals surface area contributed by atoms with Gasteiger partial charge in [-0.15, -0.1) is 11.3 Å². The summed E-state index contributed by atoms with van der Waals surface area (Å²) in [6.07, 6.45) is 10.4. The second-order valence-corrected chi connectivity index (χ2v) is 10.3. The van der Waals surface area contributed by atoms with Crippen LogP contribution in [0.25, 0.3) is 10.2 Å². The van der Waals surface area contributed by atoms with Gasteiger partial charge in [0.15, 0.2) is 5.16 Å². The van der Waals surface area contributed by atoms with Gasteiger partial charge in [0, 0.05) is 17.1 Å². The first kappa shape index (κ1) is 20.7. The van der Waals surface area contributed by atoms with Gasteiger partial charge < -0.3 is 5.32 Å². The normalized spacial score (nSPS) is 16.5. The van der Waals surface area contributed by atoms with E-state index in [1.807, 2.05) is 22.8 Å². The second kappa shape index (κ2) is 9.12. The third-order valence-corrected chi connectivity index (χ3v) is 8.34. The summed E-state index contributed by atoms with van der Waals surface area (Å²) in [5, 5.41) is 4.45. The highest BCUT2D eigenvalue weighted by Gasteiger charge is 2.27. The molecule has 0 atom stereocenters. The minimum atomic E-state index is -0.0755. The molecule has 1 fully saturated rings. The fourth-order valence-corrected chi connectivity index (χ4v) is 6.86. The van der Waals surface area contributed by atoms with Gasteiger partial charge in [-0.3, -0.25) is 19.1 Å². The van der Waals surface area contributed by atoms with Crippen LogP contribution in [0.5, 0.6) is 0 Å². The summed E-state index contributed by atoms with van der Waals surface area (Å²) in [5.41, 5.74) is 2.17. The van der Waals surface area contributed by atoms with Gasteiger partial charge in [-0.25, -0.2) is 4.98 Å². The number of nitrogens with one attached hydrogen (secondary N) is 1. The lowest BCUT2D eigenvalue weighted by molar-refractivity contribution is -0.118. The number of thioether (sulfide) groups is 1. The summed E-state index contributed by atoms with van der Waals surface area (Å²) in [6, 6.07) is 5.85. The highest BCUT2D eigenvalue weighted by molar-refractivity contribution is 7.99. The molecule has 2 aliphatic carbocycles. The predicted molar refractivity (Wildman–Crippen MR) is 125 cm³/mol. The van der Waals surface area contributed by atoms with Crippen molar-refractivity contribution in [1.29, 1.82) is 0 Å². The first-order chi connectivity index (χ1) is 15.2. The van der Waals surface area contributed by atoms with Crippen LogP contribution in [0.15, 0.2) is 34.3 Å². The first-order valence-electron chi connectivity index (χ1n) is 11.1. The van der Waals surface area contributed by atoms with Gasteiger partial charge in [0.05, 0.1) is 23.4 Å². The Kier molecular flexibility index (Phi) is 6.09.